The number of carbonyl (C=O) groups excluding carboxylic acids is 1. The summed E-state index contributed by atoms with van der Waals surface area (Å²) in [4.78, 5) is 15.5. The number of oxazole rings is 1. The average Bonchev–Trinajstić information content (AvgIpc) is 3.33. The van der Waals surface area contributed by atoms with Gasteiger partial charge < -0.3 is 15.5 Å². The minimum atomic E-state index is -0.919. The summed E-state index contributed by atoms with van der Waals surface area (Å²) in [6.45, 7) is 0. The summed E-state index contributed by atoms with van der Waals surface area (Å²) in [6.07, 6.45) is 0. The zero-order chi connectivity index (χ0) is 19.7. The van der Waals surface area contributed by atoms with E-state index in [1.54, 1.807) is 24.3 Å². The number of hydrogen-bond donors (Lipinski definition) is 3. The van der Waals surface area contributed by atoms with Crippen molar-refractivity contribution in [3.8, 4) is 22.8 Å². The van der Waals surface area contributed by atoms with Gasteiger partial charge in [0, 0.05) is 11.3 Å². The molecular formula is C18H15F2N7O2. The number of aromatic nitrogens is 5. The topological polar surface area (TPSA) is 136 Å². The van der Waals surface area contributed by atoms with Gasteiger partial charge in [-0.25, -0.2) is 13.8 Å². The second-order valence-electron chi connectivity index (χ2n) is 5.60. The highest BCUT2D eigenvalue weighted by Gasteiger charge is 2.23. The van der Waals surface area contributed by atoms with Gasteiger partial charge in [-0.05, 0) is 41.6 Å². The van der Waals surface area contributed by atoms with Crippen molar-refractivity contribution < 1.29 is 18.0 Å². The van der Waals surface area contributed by atoms with Gasteiger partial charge in [0.2, 0.25) is 17.6 Å². The molecule has 2 heterocycles. The van der Waals surface area contributed by atoms with Gasteiger partial charge in [0.15, 0.2) is 5.69 Å². The zero-order valence-corrected chi connectivity index (χ0v) is 14.0. The first kappa shape index (κ1) is 19.6. The van der Waals surface area contributed by atoms with Crippen LogP contribution in [0.2, 0.25) is 0 Å². The minimum Gasteiger partial charge on any atom is -0.419 e. The Hall–Kier alpha value is -4.15. The molecule has 148 valence electrons. The maximum absolute atomic E-state index is 14.0. The Morgan fingerprint density at radius 1 is 1.10 bits per heavy atom. The molecule has 0 unspecified atom stereocenters. The number of nitrogens with one attached hydrogen (secondary N) is 2. The molecule has 1 amide bonds. The Labute approximate surface area is 163 Å². The van der Waals surface area contributed by atoms with Crippen LogP contribution in [0.25, 0.3) is 22.8 Å². The summed E-state index contributed by atoms with van der Waals surface area (Å²) in [5.74, 6) is -2.83. The van der Waals surface area contributed by atoms with Gasteiger partial charge in [-0.2, -0.15) is 5.21 Å². The van der Waals surface area contributed by atoms with Gasteiger partial charge in [-0.3, -0.25) is 4.79 Å². The van der Waals surface area contributed by atoms with E-state index in [1.165, 1.54) is 6.07 Å². The van der Waals surface area contributed by atoms with Gasteiger partial charge in [0.05, 0.1) is 0 Å². The molecule has 0 aliphatic heterocycles. The van der Waals surface area contributed by atoms with Crippen LogP contribution in [0.15, 0.2) is 46.9 Å². The SMILES string of the molecule is C.NC(=O)c1nc(-c2c(F)cccc2F)oc1Nc1ccc(-c2nn[nH]n2)cc1. The molecule has 29 heavy (non-hydrogen) atoms. The average molecular weight is 399 g/mol. The summed E-state index contributed by atoms with van der Waals surface area (Å²) in [5, 5.41) is 16.4. The summed E-state index contributed by atoms with van der Waals surface area (Å²) >= 11 is 0. The number of nitrogens with zero attached hydrogens (tertiary/aromatic N) is 4. The van der Waals surface area contributed by atoms with Gasteiger partial charge in [0.25, 0.3) is 5.91 Å². The van der Waals surface area contributed by atoms with Crippen molar-refractivity contribution in [2.24, 2.45) is 5.73 Å². The van der Waals surface area contributed by atoms with E-state index >= 15 is 0 Å². The smallest absolute Gasteiger partial charge is 0.273 e. The number of rotatable bonds is 5. The molecule has 2 aromatic heterocycles. The van der Waals surface area contributed by atoms with Crippen molar-refractivity contribution in [1.82, 2.24) is 25.6 Å². The fourth-order valence-electron chi connectivity index (χ4n) is 2.50. The summed E-state index contributed by atoms with van der Waals surface area (Å²) in [7, 11) is 0. The Bertz CT molecular complexity index is 1120. The van der Waals surface area contributed by atoms with E-state index in [-0.39, 0.29) is 19.0 Å². The number of amides is 1. The van der Waals surface area contributed by atoms with E-state index < -0.39 is 29.0 Å². The highest BCUT2D eigenvalue weighted by atomic mass is 19.1. The normalized spacial score (nSPS) is 10.4. The molecular weight excluding hydrogens is 384 g/mol. The molecule has 9 nitrogen and oxygen atoms in total. The molecule has 0 atom stereocenters. The predicted molar refractivity (Wildman–Crippen MR) is 100 cm³/mol. The van der Waals surface area contributed by atoms with Gasteiger partial charge in [0.1, 0.15) is 17.2 Å². The van der Waals surface area contributed by atoms with Crippen molar-refractivity contribution in [2.45, 2.75) is 7.43 Å². The number of benzene rings is 2. The van der Waals surface area contributed by atoms with Crippen molar-refractivity contribution >= 4 is 17.5 Å². The monoisotopic (exact) mass is 399 g/mol. The molecule has 0 bridgehead atoms. The van der Waals surface area contributed by atoms with Gasteiger partial charge >= 0.3 is 0 Å². The van der Waals surface area contributed by atoms with E-state index in [0.717, 1.165) is 12.1 Å². The number of primary amides is 1. The van der Waals surface area contributed by atoms with Crippen LogP contribution in [0.5, 0.6) is 0 Å². The van der Waals surface area contributed by atoms with Crippen LogP contribution in [0.4, 0.5) is 20.4 Å². The third kappa shape index (κ3) is 3.78. The van der Waals surface area contributed by atoms with Crippen molar-refractivity contribution in [1.29, 1.82) is 0 Å². The van der Waals surface area contributed by atoms with Crippen molar-refractivity contribution in [3.63, 3.8) is 0 Å². The molecule has 2 aromatic carbocycles. The van der Waals surface area contributed by atoms with Gasteiger partial charge in [-0.15, -0.1) is 10.2 Å². The van der Waals surface area contributed by atoms with Crippen LogP contribution in [0.3, 0.4) is 0 Å². The Balaban J connectivity index is 0.00000240. The number of H-pyrrole nitrogens is 1. The molecule has 0 saturated heterocycles. The number of anilines is 2. The van der Waals surface area contributed by atoms with Crippen molar-refractivity contribution in [3.05, 3.63) is 59.8 Å². The van der Waals surface area contributed by atoms with Crippen LogP contribution in [0.1, 0.15) is 17.9 Å². The molecule has 4 aromatic rings. The minimum absolute atomic E-state index is 0. The first-order chi connectivity index (χ1) is 13.5. The van der Waals surface area contributed by atoms with Crippen LogP contribution < -0.4 is 11.1 Å². The molecule has 4 N–H and O–H groups in total. The van der Waals surface area contributed by atoms with Crippen LogP contribution in [-0.4, -0.2) is 31.5 Å². The van der Waals surface area contributed by atoms with E-state index in [4.69, 9.17) is 10.2 Å². The van der Waals surface area contributed by atoms with E-state index in [2.05, 4.69) is 30.9 Å². The van der Waals surface area contributed by atoms with Crippen molar-refractivity contribution in [2.75, 3.05) is 5.32 Å². The predicted octanol–water partition coefficient (Wildman–Crippen LogP) is 3.28. The van der Waals surface area contributed by atoms with Crippen LogP contribution in [-0.2, 0) is 0 Å². The Kier molecular flexibility index (Phi) is 5.30. The third-order valence-electron chi connectivity index (χ3n) is 3.78. The highest BCUT2D eigenvalue weighted by Crippen LogP contribution is 2.31. The third-order valence-corrected chi connectivity index (χ3v) is 3.78. The molecule has 0 fully saturated rings. The Morgan fingerprint density at radius 3 is 2.38 bits per heavy atom. The molecule has 4 rings (SSSR count). The number of hydrogen-bond acceptors (Lipinski definition) is 7. The number of tetrazole rings is 1. The first-order valence-electron chi connectivity index (χ1n) is 7.89. The molecule has 0 spiro atoms. The first-order valence-corrected chi connectivity index (χ1v) is 7.89. The maximum atomic E-state index is 14.0. The van der Waals surface area contributed by atoms with Crippen LogP contribution in [0, 0.1) is 11.6 Å². The Morgan fingerprint density at radius 2 is 1.79 bits per heavy atom. The van der Waals surface area contributed by atoms with E-state index in [0.29, 0.717) is 17.1 Å². The number of halogens is 2. The highest BCUT2D eigenvalue weighted by molar-refractivity contribution is 5.96. The largest absolute Gasteiger partial charge is 0.419 e. The molecule has 0 saturated carbocycles. The summed E-state index contributed by atoms with van der Waals surface area (Å²) in [5.41, 5.74) is 5.72. The van der Waals surface area contributed by atoms with Crippen LogP contribution >= 0.6 is 0 Å². The molecule has 11 heteroatoms. The zero-order valence-electron chi connectivity index (χ0n) is 14.0. The molecule has 0 radical (unpaired) electrons. The molecule has 0 aliphatic rings. The standard InChI is InChI=1S/C17H11F2N7O2.CH4/c18-10-2-1-3-11(19)12(10)16-22-13(14(20)27)17(28-16)21-9-6-4-8(5-7-9)15-23-25-26-24-15;/h1-7,21H,(H2,20,27)(H,23,24,25,26);1H4. The number of aromatic amines is 1. The number of carbonyl (C=O) groups is 1. The molecule has 0 aliphatic carbocycles. The lowest BCUT2D eigenvalue weighted by atomic mass is 10.2. The fourth-order valence-corrected chi connectivity index (χ4v) is 2.50. The second kappa shape index (κ2) is 7.84. The lowest BCUT2D eigenvalue weighted by molar-refractivity contribution is 0.0996. The summed E-state index contributed by atoms with van der Waals surface area (Å²) < 4.78 is 33.4. The number of nitrogens with two attached hydrogens (primary N) is 1. The fraction of sp³-hybridized carbons (Fsp3) is 0.0556. The van der Waals surface area contributed by atoms with E-state index in [1.807, 2.05) is 0 Å². The second-order valence-corrected chi connectivity index (χ2v) is 5.60. The van der Waals surface area contributed by atoms with Gasteiger partial charge in [-0.1, -0.05) is 13.5 Å². The maximum Gasteiger partial charge on any atom is 0.273 e. The lowest BCUT2D eigenvalue weighted by Crippen LogP contribution is -2.13. The quantitative estimate of drug-likeness (QED) is 0.468. The van der Waals surface area contributed by atoms with E-state index in [9.17, 15) is 13.6 Å². The lowest BCUT2D eigenvalue weighted by Gasteiger charge is -2.04. The summed E-state index contributed by atoms with van der Waals surface area (Å²) in [6, 6.07) is 10.0.